The number of esters is 1. The van der Waals surface area contributed by atoms with E-state index in [-0.39, 0.29) is 24.7 Å². The second-order valence-electron chi connectivity index (χ2n) is 4.32. The molecule has 18 heavy (non-hydrogen) atoms. The van der Waals surface area contributed by atoms with Crippen molar-refractivity contribution in [1.29, 1.82) is 0 Å². The maximum Gasteiger partial charge on any atom is 0.338 e. The predicted octanol–water partition coefficient (Wildman–Crippen LogP) is 1.07. The largest absolute Gasteiger partial charge is 0.459 e. The lowest BCUT2D eigenvalue weighted by atomic mass is 9.72. The number of carbonyl (C=O) groups excluding carboxylic acids is 1. The summed E-state index contributed by atoms with van der Waals surface area (Å²) in [6, 6.07) is 8.56. The minimum atomic E-state index is -0.504. The monoisotopic (exact) mass is 247 g/mol. The first-order valence-corrected chi connectivity index (χ1v) is 6.06. The van der Waals surface area contributed by atoms with Crippen LogP contribution in [0.1, 0.15) is 16.8 Å². The second-order valence-corrected chi connectivity index (χ2v) is 4.32. The highest BCUT2D eigenvalue weighted by Gasteiger charge is 2.33. The smallest absolute Gasteiger partial charge is 0.338 e. The molecule has 3 unspecified atom stereocenters. The first kappa shape index (κ1) is 13.1. The van der Waals surface area contributed by atoms with Crippen LogP contribution in [-0.2, 0) is 9.47 Å². The van der Waals surface area contributed by atoms with Gasteiger partial charge in [-0.1, -0.05) is 25.0 Å². The first-order valence-electron chi connectivity index (χ1n) is 6.06. The normalized spacial score (nSPS) is 26.9. The van der Waals surface area contributed by atoms with Crippen LogP contribution in [0.3, 0.4) is 0 Å². The second kappa shape index (κ2) is 6.02. The molecule has 0 spiro atoms. The van der Waals surface area contributed by atoms with Crippen molar-refractivity contribution >= 4 is 13.2 Å². The van der Waals surface area contributed by atoms with Crippen molar-refractivity contribution < 1.29 is 19.4 Å². The Bertz CT molecular complexity index is 395. The van der Waals surface area contributed by atoms with Gasteiger partial charge in [0.15, 0.2) is 0 Å². The Morgan fingerprint density at radius 1 is 1.50 bits per heavy atom. The highest BCUT2D eigenvalue weighted by molar-refractivity contribution is 6.35. The van der Waals surface area contributed by atoms with Gasteiger partial charge < -0.3 is 14.6 Å². The van der Waals surface area contributed by atoms with Crippen molar-refractivity contribution in [2.75, 3.05) is 6.61 Å². The van der Waals surface area contributed by atoms with Gasteiger partial charge in [-0.15, -0.1) is 0 Å². The minimum absolute atomic E-state index is 0.176. The van der Waals surface area contributed by atoms with Gasteiger partial charge in [-0.2, -0.15) is 0 Å². The lowest BCUT2D eigenvalue weighted by Gasteiger charge is -2.12. The summed E-state index contributed by atoms with van der Waals surface area (Å²) in [4.78, 5) is 11.7. The Morgan fingerprint density at radius 2 is 2.22 bits per heavy atom. The maximum absolute atomic E-state index is 11.7. The van der Waals surface area contributed by atoms with Gasteiger partial charge in [0.2, 0.25) is 0 Å². The zero-order valence-electron chi connectivity index (χ0n) is 10.3. The van der Waals surface area contributed by atoms with Crippen molar-refractivity contribution in [3.05, 3.63) is 35.9 Å². The Kier molecular flexibility index (Phi) is 4.39. The molecule has 1 aromatic rings. The molecule has 2 rings (SSSR count). The number of hydrogen-bond donors (Lipinski definition) is 1. The van der Waals surface area contributed by atoms with E-state index in [0.29, 0.717) is 12.0 Å². The predicted molar refractivity (Wildman–Crippen MR) is 67.6 cm³/mol. The van der Waals surface area contributed by atoms with E-state index in [1.807, 2.05) is 20.2 Å². The van der Waals surface area contributed by atoms with Gasteiger partial charge >= 0.3 is 5.97 Å². The van der Waals surface area contributed by atoms with Crippen molar-refractivity contribution in [2.24, 2.45) is 0 Å². The van der Waals surface area contributed by atoms with Crippen molar-refractivity contribution in [2.45, 2.75) is 31.5 Å². The zero-order valence-corrected chi connectivity index (χ0v) is 10.3. The molecule has 95 valence electrons. The van der Waals surface area contributed by atoms with Crippen LogP contribution in [0.4, 0.5) is 0 Å². The fraction of sp³-hybridized carbons (Fsp3) is 0.462. The number of hydrogen-bond acceptors (Lipinski definition) is 4. The van der Waals surface area contributed by atoms with Crippen molar-refractivity contribution in [1.82, 2.24) is 0 Å². The van der Waals surface area contributed by atoms with Crippen LogP contribution in [0, 0.1) is 0 Å². The molecular weight excluding hydrogens is 231 g/mol. The van der Waals surface area contributed by atoms with Crippen LogP contribution < -0.4 is 0 Å². The molecule has 1 aliphatic heterocycles. The molecule has 0 aromatic heterocycles. The molecule has 1 fully saturated rings. The van der Waals surface area contributed by atoms with Crippen LogP contribution in [0.5, 0.6) is 0 Å². The Balaban J connectivity index is 1.81. The van der Waals surface area contributed by atoms with Gasteiger partial charge in [0, 0.05) is 6.42 Å². The van der Waals surface area contributed by atoms with Crippen LogP contribution in [-0.4, -0.2) is 43.2 Å². The SMILES string of the molecule is C[B]C1OC(COC(=O)c2ccccc2)CC1O. The summed E-state index contributed by atoms with van der Waals surface area (Å²) in [5.41, 5.74) is 0.523. The van der Waals surface area contributed by atoms with Gasteiger partial charge in [0.05, 0.1) is 23.8 Å². The third kappa shape index (κ3) is 3.12. The quantitative estimate of drug-likeness (QED) is 0.638. The summed E-state index contributed by atoms with van der Waals surface area (Å²) >= 11 is 0. The molecule has 1 aliphatic rings. The van der Waals surface area contributed by atoms with Gasteiger partial charge in [0.25, 0.3) is 0 Å². The number of benzene rings is 1. The fourth-order valence-corrected chi connectivity index (χ4v) is 2.01. The number of aliphatic hydroxyl groups is 1. The zero-order chi connectivity index (χ0) is 13.0. The number of ether oxygens (including phenoxy) is 2. The average molecular weight is 247 g/mol. The lowest BCUT2D eigenvalue weighted by Crippen LogP contribution is -2.26. The number of rotatable bonds is 4. The third-order valence-corrected chi connectivity index (χ3v) is 2.97. The Hall–Kier alpha value is -1.33. The van der Waals surface area contributed by atoms with E-state index < -0.39 is 6.10 Å². The molecule has 0 bridgehead atoms. The average Bonchev–Trinajstić information content (AvgIpc) is 2.77. The highest BCUT2D eigenvalue weighted by Crippen LogP contribution is 2.20. The molecule has 3 atom stereocenters. The number of aliphatic hydroxyl groups excluding tert-OH is 1. The summed E-state index contributed by atoms with van der Waals surface area (Å²) in [6.07, 6.45) is -0.235. The van der Waals surface area contributed by atoms with Gasteiger partial charge in [-0.25, -0.2) is 4.79 Å². The third-order valence-electron chi connectivity index (χ3n) is 2.97. The standard InChI is InChI=1S/C13H16BO4/c1-14-12-11(15)7-10(18-12)8-17-13(16)9-5-3-2-4-6-9/h2-6,10-12,15H,7-8H2,1H3. The molecule has 0 saturated carbocycles. The topological polar surface area (TPSA) is 55.8 Å². The van der Waals surface area contributed by atoms with Crippen molar-refractivity contribution in [3.8, 4) is 0 Å². The first-order chi connectivity index (χ1) is 8.70. The van der Waals surface area contributed by atoms with E-state index in [4.69, 9.17) is 9.47 Å². The molecule has 0 amide bonds. The van der Waals surface area contributed by atoms with E-state index in [1.54, 1.807) is 24.3 Å². The van der Waals surface area contributed by atoms with E-state index in [9.17, 15) is 9.90 Å². The lowest BCUT2D eigenvalue weighted by molar-refractivity contribution is 0.00484. The van der Waals surface area contributed by atoms with Crippen LogP contribution in [0.15, 0.2) is 30.3 Å². The molecule has 5 heteroatoms. The fourth-order valence-electron chi connectivity index (χ4n) is 2.01. The van der Waals surface area contributed by atoms with E-state index in [2.05, 4.69) is 0 Å². The van der Waals surface area contributed by atoms with Crippen LogP contribution >= 0.6 is 0 Å². The van der Waals surface area contributed by atoms with Gasteiger partial charge in [-0.05, 0) is 12.1 Å². The maximum atomic E-state index is 11.7. The molecule has 1 N–H and O–H groups in total. The summed E-state index contributed by atoms with van der Waals surface area (Å²) in [5.74, 6) is -0.363. The molecule has 0 aliphatic carbocycles. The molecular formula is C13H16BO4. The summed E-state index contributed by atoms with van der Waals surface area (Å²) in [7, 11) is 1.81. The van der Waals surface area contributed by atoms with Gasteiger partial charge in [-0.3, -0.25) is 0 Å². The van der Waals surface area contributed by atoms with E-state index in [1.165, 1.54) is 0 Å². The number of carbonyl (C=O) groups is 1. The molecule has 1 aromatic carbocycles. The Labute approximate surface area is 107 Å². The van der Waals surface area contributed by atoms with Gasteiger partial charge in [0.1, 0.15) is 13.9 Å². The molecule has 1 heterocycles. The molecule has 1 saturated heterocycles. The summed E-state index contributed by atoms with van der Waals surface area (Å²) in [5, 5.41) is 9.64. The van der Waals surface area contributed by atoms with Crippen molar-refractivity contribution in [3.63, 3.8) is 0 Å². The highest BCUT2D eigenvalue weighted by atomic mass is 16.6. The molecule has 4 nitrogen and oxygen atoms in total. The van der Waals surface area contributed by atoms with E-state index in [0.717, 1.165) is 0 Å². The van der Waals surface area contributed by atoms with E-state index >= 15 is 0 Å². The van der Waals surface area contributed by atoms with Crippen LogP contribution in [0.2, 0.25) is 6.82 Å². The summed E-state index contributed by atoms with van der Waals surface area (Å²) in [6.45, 7) is 2.02. The van der Waals surface area contributed by atoms with Crippen LogP contribution in [0.25, 0.3) is 0 Å². The minimum Gasteiger partial charge on any atom is -0.459 e. The Morgan fingerprint density at radius 3 is 2.83 bits per heavy atom. The summed E-state index contributed by atoms with van der Waals surface area (Å²) < 4.78 is 10.7. The molecule has 1 radical (unpaired) electrons.